The van der Waals surface area contributed by atoms with Crippen molar-refractivity contribution in [3.05, 3.63) is 35.9 Å². The SMILES string of the molecule is CC1CCC(OCc2ccccc2)C2C(O)C3CC3C(C)C12. The van der Waals surface area contributed by atoms with Crippen molar-refractivity contribution >= 4 is 0 Å². The van der Waals surface area contributed by atoms with Crippen molar-refractivity contribution < 1.29 is 9.84 Å². The molecule has 4 rings (SSSR count). The first-order valence-electron chi connectivity index (χ1n) is 9.00. The van der Waals surface area contributed by atoms with Gasteiger partial charge in [0.05, 0.1) is 18.8 Å². The Labute approximate surface area is 133 Å². The summed E-state index contributed by atoms with van der Waals surface area (Å²) in [6.07, 6.45) is 3.70. The van der Waals surface area contributed by atoms with E-state index in [1.54, 1.807) is 0 Å². The van der Waals surface area contributed by atoms with Crippen molar-refractivity contribution in [1.29, 1.82) is 0 Å². The normalized spacial score (nSPS) is 46.7. The van der Waals surface area contributed by atoms with Gasteiger partial charge in [-0.25, -0.2) is 0 Å². The molecule has 0 radical (unpaired) electrons. The molecule has 3 saturated carbocycles. The highest BCUT2D eigenvalue weighted by Gasteiger charge is 2.60. The second kappa shape index (κ2) is 5.65. The number of ether oxygens (including phenoxy) is 1. The van der Waals surface area contributed by atoms with Gasteiger partial charge in [-0.2, -0.15) is 0 Å². The number of aliphatic hydroxyl groups excluding tert-OH is 1. The molecule has 1 aromatic rings. The van der Waals surface area contributed by atoms with Crippen LogP contribution in [-0.2, 0) is 11.3 Å². The van der Waals surface area contributed by atoms with E-state index in [2.05, 4.69) is 38.1 Å². The summed E-state index contributed by atoms with van der Waals surface area (Å²) in [7, 11) is 0. The van der Waals surface area contributed by atoms with Crippen molar-refractivity contribution in [1.82, 2.24) is 0 Å². The molecule has 1 N–H and O–H groups in total. The van der Waals surface area contributed by atoms with Crippen LogP contribution in [0.2, 0.25) is 0 Å². The molecule has 1 aromatic carbocycles. The van der Waals surface area contributed by atoms with E-state index in [-0.39, 0.29) is 12.2 Å². The maximum Gasteiger partial charge on any atom is 0.0720 e. The lowest BCUT2D eigenvalue weighted by Crippen LogP contribution is -2.51. The molecule has 0 spiro atoms. The lowest BCUT2D eigenvalue weighted by molar-refractivity contribution is -0.136. The quantitative estimate of drug-likeness (QED) is 0.918. The third-order valence-corrected chi connectivity index (χ3v) is 6.75. The average Bonchev–Trinajstić information content (AvgIpc) is 3.33. The lowest BCUT2D eigenvalue weighted by Gasteiger charge is -2.49. The smallest absolute Gasteiger partial charge is 0.0720 e. The summed E-state index contributed by atoms with van der Waals surface area (Å²) in [4.78, 5) is 0. The highest BCUT2D eigenvalue weighted by Crippen LogP contribution is 2.61. The minimum atomic E-state index is -0.130. The van der Waals surface area contributed by atoms with Gasteiger partial charge in [-0.3, -0.25) is 0 Å². The van der Waals surface area contributed by atoms with Gasteiger partial charge in [-0.15, -0.1) is 0 Å². The van der Waals surface area contributed by atoms with Gasteiger partial charge in [0.2, 0.25) is 0 Å². The molecule has 0 aliphatic heterocycles. The average molecular weight is 300 g/mol. The van der Waals surface area contributed by atoms with E-state index < -0.39 is 0 Å². The molecule has 2 nitrogen and oxygen atoms in total. The van der Waals surface area contributed by atoms with E-state index in [9.17, 15) is 5.11 Å². The Morgan fingerprint density at radius 3 is 2.59 bits per heavy atom. The predicted molar refractivity (Wildman–Crippen MR) is 87.2 cm³/mol. The zero-order valence-electron chi connectivity index (χ0n) is 13.7. The molecular weight excluding hydrogens is 272 g/mol. The van der Waals surface area contributed by atoms with Crippen LogP contribution in [0.25, 0.3) is 0 Å². The number of fused-ring (bicyclic) bond motifs is 2. The fraction of sp³-hybridized carbons (Fsp3) is 0.700. The first-order chi connectivity index (χ1) is 10.7. The fourth-order valence-electron chi connectivity index (χ4n) is 5.53. The monoisotopic (exact) mass is 300 g/mol. The summed E-state index contributed by atoms with van der Waals surface area (Å²) in [5.74, 6) is 3.83. The van der Waals surface area contributed by atoms with E-state index in [0.717, 1.165) is 24.2 Å². The first kappa shape index (κ1) is 14.7. The van der Waals surface area contributed by atoms with Crippen LogP contribution < -0.4 is 0 Å². The maximum atomic E-state index is 10.8. The Balaban J connectivity index is 1.50. The molecule has 2 heteroatoms. The Morgan fingerprint density at radius 1 is 1.05 bits per heavy atom. The molecule has 22 heavy (non-hydrogen) atoms. The van der Waals surface area contributed by atoms with Crippen LogP contribution in [0.15, 0.2) is 30.3 Å². The highest BCUT2D eigenvalue weighted by molar-refractivity contribution is 5.14. The zero-order chi connectivity index (χ0) is 15.3. The van der Waals surface area contributed by atoms with Gasteiger partial charge in [0, 0.05) is 5.92 Å². The summed E-state index contributed by atoms with van der Waals surface area (Å²) in [6.45, 7) is 5.49. The first-order valence-corrected chi connectivity index (χ1v) is 9.00. The molecule has 0 bridgehead atoms. The van der Waals surface area contributed by atoms with Crippen LogP contribution in [0.4, 0.5) is 0 Å². The number of hydrogen-bond acceptors (Lipinski definition) is 2. The molecule has 0 aromatic heterocycles. The molecule has 0 saturated heterocycles. The topological polar surface area (TPSA) is 29.5 Å². The molecule has 3 aliphatic rings. The fourth-order valence-corrected chi connectivity index (χ4v) is 5.53. The van der Waals surface area contributed by atoms with Gasteiger partial charge in [0.15, 0.2) is 0 Å². The number of rotatable bonds is 3. The highest BCUT2D eigenvalue weighted by atomic mass is 16.5. The molecule has 120 valence electrons. The third kappa shape index (κ3) is 2.41. The minimum Gasteiger partial charge on any atom is -0.392 e. The van der Waals surface area contributed by atoms with Crippen molar-refractivity contribution in [2.75, 3.05) is 0 Å². The third-order valence-electron chi connectivity index (χ3n) is 6.75. The number of aliphatic hydroxyl groups is 1. The van der Waals surface area contributed by atoms with Gasteiger partial charge >= 0.3 is 0 Å². The van der Waals surface area contributed by atoms with Gasteiger partial charge in [-0.05, 0) is 54.4 Å². The standard InChI is InChI=1S/C20H28O2/c1-12-8-9-17(22-11-14-6-4-3-5-7-14)19-18(12)13(2)15-10-16(15)20(19)21/h3-7,12-13,15-21H,8-11H2,1-2H3. The Bertz CT molecular complexity index is 514. The molecule has 3 fully saturated rings. The molecule has 0 heterocycles. The van der Waals surface area contributed by atoms with Gasteiger partial charge in [0.25, 0.3) is 0 Å². The van der Waals surface area contributed by atoms with E-state index in [4.69, 9.17) is 4.74 Å². The van der Waals surface area contributed by atoms with Gasteiger partial charge < -0.3 is 9.84 Å². The Kier molecular flexibility index (Phi) is 3.78. The van der Waals surface area contributed by atoms with Crippen LogP contribution in [0, 0.1) is 35.5 Å². The number of benzene rings is 1. The molecule has 3 aliphatic carbocycles. The second-order valence-corrected chi connectivity index (χ2v) is 7.96. The van der Waals surface area contributed by atoms with E-state index in [1.165, 1.54) is 18.4 Å². The van der Waals surface area contributed by atoms with Crippen LogP contribution in [0.3, 0.4) is 0 Å². The summed E-state index contributed by atoms with van der Waals surface area (Å²) in [5, 5.41) is 10.8. The largest absolute Gasteiger partial charge is 0.392 e. The predicted octanol–water partition coefficient (Wildman–Crippen LogP) is 3.88. The Hall–Kier alpha value is -0.860. The van der Waals surface area contributed by atoms with E-state index in [1.807, 2.05) is 6.07 Å². The maximum absolute atomic E-state index is 10.8. The van der Waals surface area contributed by atoms with Crippen LogP contribution in [0.1, 0.15) is 38.7 Å². The molecule has 8 atom stereocenters. The van der Waals surface area contributed by atoms with Crippen molar-refractivity contribution in [3.8, 4) is 0 Å². The van der Waals surface area contributed by atoms with Gasteiger partial charge in [-0.1, -0.05) is 44.2 Å². The van der Waals surface area contributed by atoms with Crippen LogP contribution >= 0.6 is 0 Å². The lowest BCUT2D eigenvalue weighted by atomic mass is 9.59. The summed E-state index contributed by atoms with van der Waals surface area (Å²) in [6, 6.07) is 10.4. The molecule has 8 unspecified atom stereocenters. The summed E-state index contributed by atoms with van der Waals surface area (Å²) < 4.78 is 6.31. The van der Waals surface area contributed by atoms with E-state index >= 15 is 0 Å². The van der Waals surface area contributed by atoms with E-state index in [0.29, 0.717) is 24.4 Å². The molecular formula is C20H28O2. The summed E-state index contributed by atoms with van der Waals surface area (Å²) >= 11 is 0. The molecule has 0 amide bonds. The van der Waals surface area contributed by atoms with Crippen LogP contribution in [-0.4, -0.2) is 17.3 Å². The second-order valence-electron chi connectivity index (χ2n) is 7.96. The van der Waals surface area contributed by atoms with Gasteiger partial charge in [0.1, 0.15) is 0 Å². The zero-order valence-corrected chi connectivity index (χ0v) is 13.7. The van der Waals surface area contributed by atoms with Crippen molar-refractivity contribution in [3.63, 3.8) is 0 Å². The number of hydrogen-bond donors (Lipinski definition) is 1. The van der Waals surface area contributed by atoms with Crippen molar-refractivity contribution in [2.24, 2.45) is 35.5 Å². The minimum absolute atomic E-state index is 0.130. The Morgan fingerprint density at radius 2 is 1.82 bits per heavy atom. The van der Waals surface area contributed by atoms with Crippen molar-refractivity contribution in [2.45, 2.75) is 51.9 Å². The summed E-state index contributed by atoms with van der Waals surface area (Å²) in [5.41, 5.74) is 1.24. The van der Waals surface area contributed by atoms with Crippen LogP contribution in [0.5, 0.6) is 0 Å².